The van der Waals surface area contributed by atoms with E-state index in [9.17, 15) is 4.79 Å². The Hall–Kier alpha value is -0.207. The fraction of sp³-hybridized carbons (Fsp3) is 0.214. The van der Waals surface area contributed by atoms with Gasteiger partial charge < -0.3 is 23.5 Å². The predicted octanol–water partition coefficient (Wildman–Crippen LogP) is 3.83. The summed E-state index contributed by atoms with van der Waals surface area (Å²) >= 11 is 3.62. The van der Waals surface area contributed by atoms with Crippen LogP contribution in [-0.2, 0) is 41.4 Å². The SMILES string of the molecule is [C-]#N.[CH2-]CCCOC(=O)/C=C\c1ccccc1.[Cu+].[Zn+][I]. The Bertz CT molecular complexity index is 372. The average molecular weight is 485 g/mol. The Labute approximate surface area is 152 Å². The molecule has 0 radical (unpaired) electrons. The van der Waals surface area contributed by atoms with Crippen LogP contribution in [0.3, 0.4) is 0 Å². The molecule has 0 aliphatic heterocycles. The minimum absolute atomic E-state index is 0. The van der Waals surface area contributed by atoms with Gasteiger partial charge in [0.1, 0.15) is 0 Å². The van der Waals surface area contributed by atoms with E-state index < -0.39 is 0 Å². The summed E-state index contributed by atoms with van der Waals surface area (Å²) in [5.74, 6) is -0.299. The molecule has 0 atom stereocenters. The standard InChI is InChI=1S/C13H15O2.CN.Cu.HI.Zn/c1-2-3-11-15-13(14)10-9-12-7-5-4-6-8-12;1-2;;;/h4-10H,1-3,11H2;;;1H;/q2*-1;+1;;+2/p-1/b10-9-;;;;. The number of halogens is 1. The number of carbonyl (C=O) groups is 1. The Balaban J connectivity index is -0.000000529. The van der Waals surface area contributed by atoms with Crippen molar-refractivity contribution in [3.63, 3.8) is 0 Å². The van der Waals surface area contributed by atoms with Gasteiger partial charge in [-0.25, -0.2) is 4.79 Å². The van der Waals surface area contributed by atoms with Gasteiger partial charge in [0.15, 0.2) is 0 Å². The molecule has 20 heavy (non-hydrogen) atoms. The molecule has 0 fully saturated rings. The van der Waals surface area contributed by atoms with E-state index in [1.54, 1.807) is 6.08 Å². The quantitative estimate of drug-likeness (QED) is 0.159. The van der Waals surface area contributed by atoms with Crippen LogP contribution < -0.4 is 0 Å². The maximum atomic E-state index is 11.2. The maximum absolute atomic E-state index is 11.2. The van der Waals surface area contributed by atoms with E-state index in [-0.39, 0.29) is 23.0 Å². The molecule has 1 aromatic carbocycles. The van der Waals surface area contributed by atoms with E-state index in [1.165, 1.54) is 20.9 Å². The van der Waals surface area contributed by atoms with Gasteiger partial charge in [-0.15, -0.1) is 0 Å². The van der Waals surface area contributed by atoms with Crippen molar-refractivity contribution in [2.75, 3.05) is 6.61 Å². The second kappa shape index (κ2) is 21.1. The van der Waals surface area contributed by atoms with Gasteiger partial charge in [-0.05, 0) is 18.1 Å². The van der Waals surface area contributed by atoms with E-state index in [0.717, 1.165) is 18.4 Å². The Morgan fingerprint density at radius 1 is 1.35 bits per heavy atom. The second-order valence-corrected chi connectivity index (χ2v) is 3.12. The number of hydrogen-bond acceptors (Lipinski definition) is 3. The van der Waals surface area contributed by atoms with E-state index >= 15 is 0 Å². The first-order chi connectivity index (χ1) is 9.33. The third-order valence-electron chi connectivity index (χ3n) is 1.85. The zero-order chi connectivity index (χ0) is 14.9. The van der Waals surface area contributed by atoms with Gasteiger partial charge in [-0.2, -0.15) is 6.42 Å². The van der Waals surface area contributed by atoms with Gasteiger partial charge in [-0.3, -0.25) is 0 Å². The van der Waals surface area contributed by atoms with Crippen molar-refractivity contribution < 1.29 is 41.4 Å². The number of hydrogen-bond donors (Lipinski definition) is 0. The van der Waals surface area contributed by atoms with Gasteiger partial charge in [0, 0.05) is 6.08 Å². The molecule has 0 N–H and O–H groups in total. The molecule has 0 amide bonds. The summed E-state index contributed by atoms with van der Waals surface area (Å²) in [6, 6.07) is 9.64. The average Bonchev–Trinajstić information content (AvgIpc) is 2.51. The molecule has 0 saturated heterocycles. The first kappa shape index (κ1) is 24.8. The molecule has 1 aromatic rings. The molecule has 0 aromatic heterocycles. The Morgan fingerprint density at radius 3 is 2.40 bits per heavy atom. The van der Waals surface area contributed by atoms with Crippen LogP contribution in [0.15, 0.2) is 36.4 Å². The third kappa shape index (κ3) is 15.8. The predicted molar refractivity (Wildman–Crippen MR) is 80.0 cm³/mol. The number of carbonyl (C=O) groups excluding carboxylic acids is 1. The summed E-state index contributed by atoms with van der Waals surface area (Å²) < 4.78 is 4.94. The number of nitrogens with zero attached hydrogens (tertiary/aromatic N) is 1. The molecule has 0 spiro atoms. The number of esters is 1. The van der Waals surface area contributed by atoms with Crippen molar-refractivity contribution in [3.05, 3.63) is 55.5 Å². The van der Waals surface area contributed by atoms with Gasteiger partial charge in [0.2, 0.25) is 0 Å². The zero-order valence-electron chi connectivity index (χ0n) is 11.0. The van der Waals surface area contributed by atoms with Crippen LogP contribution in [0.4, 0.5) is 0 Å². The summed E-state index contributed by atoms with van der Waals surface area (Å²) in [4.78, 5) is 11.2. The van der Waals surface area contributed by atoms with Crippen molar-refractivity contribution in [3.8, 4) is 0 Å². The molecule has 108 valence electrons. The normalized spacial score (nSPS) is 8.30. The van der Waals surface area contributed by atoms with Crippen LogP contribution in [-0.4, -0.2) is 12.6 Å². The second-order valence-electron chi connectivity index (χ2n) is 3.12. The topological polar surface area (TPSA) is 50.1 Å². The third-order valence-corrected chi connectivity index (χ3v) is 1.85. The van der Waals surface area contributed by atoms with E-state index in [1.807, 2.05) is 30.3 Å². The summed E-state index contributed by atoms with van der Waals surface area (Å²) in [5, 5.41) is 6.25. The van der Waals surface area contributed by atoms with Crippen molar-refractivity contribution in [1.29, 1.82) is 5.26 Å². The summed E-state index contributed by atoms with van der Waals surface area (Å²) in [6.45, 7) is 8.86. The molecule has 0 unspecified atom stereocenters. The van der Waals surface area contributed by atoms with E-state index in [0.29, 0.717) is 6.61 Å². The van der Waals surface area contributed by atoms with Crippen LogP contribution in [0.1, 0.15) is 18.4 Å². The summed E-state index contributed by atoms with van der Waals surface area (Å²) in [6.07, 6.45) is 4.78. The number of rotatable bonds is 5. The van der Waals surface area contributed by atoms with Crippen molar-refractivity contribution in [1.82, 2.24) is 0 Å². The molecule has 0 aliphatic rings. The van der Waals surface area contributed by atoms with Crippen LogP contribution in [0, 0.1) is 18.8 Å². The number of benzene rings is 1. The minimum atomic E-state index is -0.299. The Morgan fingerprint density at radius 2 is 1.90 bits per heavy atom. The van der Waals surface area contributed by atoms with Crippen molar-refractivity contribution in [2.45, 2.75) is 12.8 Å². The van der Waals surface area contributed by atoms with Crippen LogP contribution >= 0.6 is 19.8 Å². The Kier molecular flexibility index (Phi) is 26.1. The first-order valence-electron chi connectivity index (χ1n) is 5.51. The van der Waals surface area contributed by atoms with E-state index in [2.05, 4.69) is 26.7 Å². The molecule has 1 rings (SSSR count). The van der Waals surface area contributed by atoms with Gasteiger partial charge in [0.05, 0.1) is 6.61 Å². The first-order valence-corrected chi connectivity index (χ1v) is 14.6. The molecule has 0 saturated carbocycles. The molecule has 0 bridgehead atoms. The molecule has 3 nitrogen and oxygen atoms in total. The summed E-state index contributed by atoms with van der Waals surface area (Å²) in [7, 11) is 0. The van der Waals surface area contributed by atoms with Gasteiger partial charge in [0.25, 0.3) is 0 Å². The number of unbranched alkanes of at least 4 members (excludes halogenated alkanes) is 1. The monoisotopic (exact) mass is 483 g/mol. The molecule has 6 heteroatoms. The van der Waals surface area contributed by atoms with Crippen LogP contribution in [0.5, 0.6) is 0 Å². The van der Waals surface area contributed by atoms with Crippen LogP contribution in [0.25, 0.3) is 6.08 Å². The van der Waals surface area contributed by atoms with E-state index in [4.69, 9.17) is 16.6 Å². The molecular formula is C14H15CuINO2Zn. The van der Waals surface area contributed by atoms with Gasteiger partial charge >= 0.3 is 57.6 Å². The molecule has 0 aliphatic carbocycles. The molecular weight excluding hydrogens is 470 g/mol. The van der Waals surface area contributed by atoms with Gasteiger partial charge in [-0.1, -0.05) is 30.3 Å². The zero-order valence-corrected chi connectivity index (χ0v) is 17.1. The fourth-order valence-electron chi connectivity index (χ4n) is 1.05. The summed E-state index contributed by atoms with van der Waals surface area (Å²) in [5.41, 5.74) is 0.992. The fourth-order valence-corrected chi connectivity index (χ4v) is 1.05. The van der Waals surface area contributed by atoms with Crippen molar-refractivity contribution in [2.24, 2.45) is 0 Å². The van der Waals surface area contributed by atoms with Crippen LogP contribution in [0.2, 0.25) is 0 Å². The molecule has 0 heterocycles. The van der Waals surface area contributed by atoms with Crippen molar-refractivity contribution >= 4 is 31.8 Å². The number of ether oxygens (including phenoxy) is 1.